The molecule has 0 radical (unpaired) electrons. The summed E-state index contributed by atoms with van der Waals surface area (Å²) in [6.07, 6.45) is 11.0. The number of hydrogen-bond donors (Lipinski definition) is 1. The van der Waals surface area contributed by atoms with Crippen molar-refractivity contribution in [1.82, 2.24) is 9.97 Å². The number of nitrogens with zero attached hydrogens (tertiary/aromatic N) is 1. The molecular weight excluding hydrogens is 220 g/mol. The van der Waals surface area contributed by atoms with E-state index in [1.807, 2.05) is 18.5 Å². The quantitative estimate of drug-likeness (QED) is 0.733. The van der Waals surface area contributed by atoms with Gasteiger partial charge in [-0.1, -0.05) is 42.5 Å². The summed E-state index contributed by atoms with van der Waals surface area (Å²) in [6.45, 7) is 0. The Morgan fingerprint density at radius 2 is 2.00 bits per heavy atom. The second kappa shape index (κ2) is 4.88. The largest absolute Gasteiger partial charge is 0.360 e. The fourth-order valence-electron chi connectivity index (χ4n) is 2.09. The third-order valence-corrected chi connectivity index (χ3v) is 3.02. The highest BCUT2D eigenvalue weighted by molar-refractivity contribution is 5.82. The van der Waals surface area contributed by atoms with Gasteiger partial charge < -0.3 is 4.98 Å². The standard InChI is InChI=1S/C16H14N2/c1-2-5-13(6-3-1)7-4-8-14-11-18-16-12-17-10-9-15(14)16/h1-7,9-12,18H,8H2. The van der Waals surface area contributed by atoms with Crippen molar-refractivity contribution in [3.8, 4) is 0 Å². The molecule has 0 aliphatic heterocycles. The van der Waals surface area contributed by atoms with Crippen LogP contribution in [0.4, 0.5) is 0 Å². The van der Waals surface area contributed by atoms with Crippen LogP contribution in [0.25, 0.3) is 17.0 Å². The van der Waals surface area contributed by atoms with Gasteiger partial charge in [-0.15, -0.1) is 0 Å². The van der Waals surface area contributed by atoms with E-state index in [1.54, 1.807) is 0 Å². The third kappa shape index (κ3) is 2.18. The van der Waals surface area contributed by atoms with Crippen molar-refractivity contribution in [3.63, 3.8) is 0 Å². The molecule has 0 aliphatic rings. The Labute approximate surface area is 106 Å². The molecule has 3 aromatic rings. The van der Waals surface area contributed by atoms with Gasteiger partial charge in [0, 0.05) is 17.8 Å². The fourth-order valence-corrected chi connectivity index (χ4v) is 2.09. The molecule has 0 spiro atoms. The van der Waals surface area contributed by atoms with E-state index in [-0.39, 0.29) is 0 Å². The third-order valence-electron chi connectivity index (χ3n) is 3.02. The number of hydrogen-bond acceptors (Lipinski definition) is 1. The molecular formula is C16H14N2. The van der Waals surface area contributed by atoms with Crippen LogP contribution in [0, 0.1) is 0 Å². The van der Waals surface area contributed by atoms with Crippen LogP contribution in [-0.4, -0.2) is 9.97 Å². The molecule has 0 atom stereocenters. The van der Waals surface area contributed by atoms with E-state index in [0.29, 0.717) is 0 Å². The van der Waals surface area contributed by atoms with Crippen LogP contribution in [0.5, 0.6) is 0 Å². The van der Waals surface area contributed by atoms with Gasteiger partial charge in [0.05, 0.1) is 11.7 Å². The first-order valence-electron chi connectivity index (χ1n) is 6.05. The summed E-state index contributed by atoms with van der Waals surface area (Å²) in [7, 11) is 0. The molecule has 0 aliphatic carbocycles. The van der Waals surface area contributed by atoms with E-state index in [9.17, 15) is 0 Å². The topological polar surface area (TPSA) is 28.7 Å². The highest BCUT2D eigenvalue weighted by Gasteiger charge is 2.00. The zero-order valence-electron chi connectivity index (χ0n) is 10.0. The minimum atomic E-state index is 0.929. The zero-order chi connectivity index (χ0) is 12.2. The second-order valence-corrected chi connectivity index (χ2v) is 4.25. The lowest BCUT2D eigenvalue weighted by atomic mass is 10.1. The zero-order valence-corrected chi connectivity index (χ0v) is 10.0. The summed E-state index contributed by atoms with van der Waals surface area (Å²) in [5, 5.41) is 1.25. The number of pyridine rings is 1. The number of allylic oxidation sites excluding steroid dienone is 1. The summed E-state index contributed by atoms with van der Waals surface area (Å²) in [6, 6.07) is 12.4. The van der Waals surface area contributed by atoms with E-state index >= 15 is 0 Å². The summed E-state index contributed by atoms with van der Waals surface area (Å²) >= 11 is 0. The molecule has 2 heteroatoms. The maximum Gasteiger partial charge on any atom is 0.0643 e. The summed E-state index contributed by atoms with van der Waals surface area (Å²) in [5.41, 5.74) is 3.64. The number of H-pyrrole nitrogens is 1. The van der Waals surface area contributed by atoms with E-state index < -0.39 is 0 Å². The highest BCUT2D eigenvalue weighted by atomic mass is 14.7. The molecule has 2 nitrogen and oxygen atoms in total. The van der Waals surface area contributed by atoms with Gasteiger partial charge >= 0.3 is 0 Å². The molecule has 18 heavy (non-hydrogen) atoms. The summed E-state index contributed by atoms with van der Waals surface area (Å²) in [4.78, 5) is 7.35. The van der Waals surface area contributed by atoms with Crippen LogP contribution >= 0.6 is 0 Å². The van der Waals surface area contributed by atoms with Crippen molar-refractivity contribution < 1.29 is 0 Å². The number of aromatic amines is 1. The van der Waals surface area contributed by atoms with E-state index in [4.69, 9.17) is 0 Å². The van der Waals surface area contributed by atoms with Crippen molar-refractivity contribution in [2.75, 3.05) is 0 Å². The summed E-state index contributed by atoms with van der Waals surface area (Å²) < 4.78 is 0. The Bertz CT molecular complexity index is 666. The monoisotopic (exact) mass is 234 g/mol. The Balaban J connectivity index is 1.79. The van der Waals surface area contributed by atoms with Crippen molar-refractivity contribution in [1.29, 1.82) is 0 Å². The lowest BCUT2D eigenvalue weighted by molar-refractivity contribution is 1.29. The number of nitrogens with one attached hydrogen (secondary N) is 1. The predicted octanol–water partition coefficient (Wildman–Crippen LogP) is 3.82. The van der Waals surface area contributed by atoms with Crippen LogP contribution < -0.4 is 0 Å². The normalized spacial score (nSPS) is 11.3. The average molecular weight is 234 g/mol. The van der Waals surface area contributed by atoms with Gasteiger partial charge in [-0.05, 0) is 23.6 Å². The molecule has 0 amide bonds. The Kier molecular flexibility index (Phi) is 2.92. The molecule has 0 fully saturated rings. The first-order valence-corrected chi connectivity index (χ1v) is 6.05. The first-order chi connectivity index (χ1) is 8.93. The number of fused-ring (bicyclic) bond motifs is 1. The van der Waals surface area contributed by atoms with Crippen molar-refractivity contribution in [2.24, 2.45) is 0 Å². The Morgan fingerprint density at radius 1 is 1.11 bits per heavy atom. The maximum atomic E-state index is 4.10. The fraction of sp³-hybridized carbons (Fsp3) is 0.0625. The Morgan fingerprint density at radius 3 is 2.89 bits per heavy atom. The van der Waals surface area contributed by atoms with Crippen LogP contribution in [0.15, 0.2) is 61.1 Å². The van der Waals surface area contributed by atoms with Gasteiger partial charge in [0.1, 0.15) is 0 Å². The molecule has 0 bridgehead atoms. The van der Waals surface area contributed by atoms with E-state index in [1.165, 1.54) is 16.5 Å². The van der Waals surface area contributed by atoms with Crippen molar-refractivity contribution in [3.05, 3.63) is 72.2 Å². The smallest absolute Gasteiger partial charge is 0.0643 e. The number of benzene rings is 1. The predicted molar refractivity (Wildman–Crippen MR) is 75.3 cm³/mol. The molecule has 88 valence electrons. The maximum absolute atomic E-state index is 4.10. The Hall–Kier alpha value is -2.35. The van der Waals surface area contributed by atoms with Crippen LogP contribution in [0.2, 0.25) is 0 Å². The van der Waals surface area contributed by atoms with Crippen LogP contribution in [0.1, 0.15) is 11.1 Å². The van der Waals surface area contributed by atoms with Crippen LogP contribution in [-0.2, 0) is 6.42 Å². The van der Waals surface area contributed by atoms with Crippen molar-refractivity contribution in [2.45, 2.75) is 6.42 Å². The summed E-state index contributed by atoms with van der Waals surface area (Å²) in [5.74, 6) is 0. The van der Waals surface area contributed by atoms with Gasteiger partial charge in [-0.25, -0.2) is 0 Å². The van der Waals surface area contributed by atoms with Gasteiger partial charge in [-0.2, -0.15) is 0 Å². The minimum absolute atomic E-state index is 0.929. The molecule has 1 aromatic carbocycles. The van der Waals surface area contributed by atoms with E-state index in [0.717, 1.165) is 11.9 Å². The number of aromatic nitrogens is 2. The first kappa shape index (κ1) is 10.8. The second-order valence-electron chi connectivity index (χ2n) is 4.25. The number of rotatable bonds is 3. The van der Waals surface area contributed by atoms with Gasteiger partial charge in [0.25, 0.3) is 0 Å². The van der Waals surface area contributed by atoms with Crippen molar-refractivity contribution >= 4 is 17.0 Å². The molecule has 0 saturated carbocycles. The molecule has 2 heterocycles. The lowest BCUT2D eigenvalue weighted by Crippen LogP contribution is -1.78. The van der Waals surface area contributed by atoms with Gasteiger partial charge in [0.15, 0.2) is 0 Å². The van der Waals surface area contributed by atoms with E-state index in [2.05, 4.69) is 58.6 Å². The highest BCUT2D eigenvalue weighted by Crippen LogP contribution is 2.17. The molecule has 0 saturated heterocycles. The molecule has 0 unspecified atom stereocenters. The van der Waals surface area contributed by atoms with Gasteiger partial charge in [0.2, 0.25) is 0 Å². The van der Waals surface area contributed by atoms with Gasteiger partial charge in [-0.3, -0.25) is 4.98 Å². The molecule has 3 rings (SSSR count). The molecule has 1 N–H and O–H groups in total. The van der Waals surface area contributed by atoms with Crippen LogP contribution in [0.3, 0.4) is 0 Å². The molecule has 2 aromatic heterocycles. The SMILES string of the molecule is C(=Cc1ccccc1)Cc1c[nH]c2cnccc12. The lowest BCUT2D eigenvalue weighted by Gasteiger charge is -1.94. The minimum Gasteiger partial charge on any atom is -0.360 e. The average Bonchev–Trinajstić information content (AvgIpc) is 2.84.